The van der Waals surface area contributed by atoms with Crippen LogP contribution in [0.3, 0.4) is 0 Å². The van der Waals surface area contributed by atoms with Crippen LogP contribution in [0, 0.1) is 0 Å². The molecule has 4 aromatic rings. The molecule has 0 bridgehead atoms. The molecule has 1 aromatic heterocycles. The van der Waals surface area contributed by atoms with Crippen molar-refractivity contribution in [1.29, 1.82) is 0 Å². The molecule has 0 aliphatic heterocycles. The topological polar surface area (TPSA) is 20.5 Å². The van der Waals surface area contributed by atoms with E-state index in [0.29, 0.717) is 0 Å². The maximum atomic E-state index is 4.90. The van der Waals surface area contributed by atoms with E-state index in [9.17, 15) is 0 Å². The van der Waals surface area contributed by atoms with Crippen LogP contribution < -0.4 is 5.01 Å². The number of para-hydroxylation sites is 2. The second-order valence-electron chi connectivity index (χ2n) is 7.39. The number of benzene rings is 3. The summed E-state index contributed by atoms with van der Waals surface area (Å²) in [5.41, 5.74) is 4.69. The van der Waals surface area contributed by atoms with Gasteiger partial charge in [0.25, 0.3) is 0 Å². The van der Waals surface area contributed by atoms with E-state index < -0.39 is 0 Å². The van der Waals surface area contributed by atoms with Crippen molar-refractivity contribution in [1.82, 2.24) is 4.57 Å². The fourth-order valence-corrected chi connectivity index (χ4v) is 4.07. The molecular weight excluding hydrogens is 354 g/mol. The van der Waals surface area contributed by atoms with Crippen molar-refractivity contribution in [3.05, 3.63) is 103 Å². The van der Waals surface area contributed by atoms with Gasteiger partial charge in [-0.3, -0.25) is 5.01 Å². The second-order valence-corrected chi connectivity index (χ2v) is 7.39. The van der Waals surface area contributed by atoms with Crippen LogP contribution in [0.2, 0.25) is 0 Å². The zero-order valence-corrected chi connectivity index (χ0v) is 16.4. The maximum Gasteiger partial charge on any atom is 0.0743 e. The Kier molecular flexibility index (Phi) is 4.49. The summed E-state index contributed by atoms with van der Waals surface area (Å²) in [5.74, 6) is 0. The van der Waals surface area contributed by atoms with Gasteiger partial charge >= 0.3 is 0 Å². The number of hydrogen-bond acceptors (Lipinski definition) is 2. The lowest BCUT2D eigenvalue weighted by molar-refractivity contribution is 0.717. The van der Waals surface area contributed by atoms with Gasteiger partial charge < -0.3 is 4.57 Å². The molecule has 142 valence electrons. The van der Waals surface area contributed by atoms with Crippen LogP contribution in [-0.4, -0.2) is 16.8 Å². The molecule has 1 atom stereocenters. The van der Waals surface area contributed by atoms with Crippen LogP contribution in [0.5, 0.6) is 0 Å². The van der Waals surface area contributed by atoms with Crippen LogP contribution in [-0.2, 0) is 7.05 Å². The molecule has 1 heterocycles. The summed E-state index contributed by atoms with van der Waals surface area (Å²) in [4.78, 5) is 0. The molecule has 0 radical (unpaired) electrons. The zero-order valence-electron chi connectivity index (χ0n) is 16.4. The summed E-state index contributed by atoms with van der Waals surface area (Å²) in [6.45, 7) is 0. The van der Waals surface area contributed by atoms with Crippen molar-refractivity contribution in [2.75, 3.05) is 5.01 Å². The highest BCUT2D eigenvalue weighted by Gasteiger charge is 2.16. The van der Waals surface area contributed by atoms with Gasteiger partial charge in [0.05, 0.1) is 17.9 Å². The summed E-state index contributed by atoms with van der Waals surface area (Å²) in [5, 5.41) is 9.54. The monoisotopic (exact) mass is 377 g/mol. The molecule has 0 saturated carbocycles. The first kappa shape index (κ1) is 17.5. The summed E-state index contributed by atoms with van der Waals surface area (Å²) >= 11 is 0. The van der Waals surface area contributed by atoms with Crippen molar-refractivity contribution < 1.29 is 0 Å². The highest BCUT2D eigenvalue weighted by molar-refractivity contribution is 6.09. The van der Waals surface area contributed by atoms with E-state index in [1.807, 2.05) is 12.3 Å². The van der Waals surface area contributed by atoms with Gasteiger partial charge in [-0.05, 0) is 42.3 Å². The molecule has 3 aromatic carbocycles. The van der Waals surface area contributed by atoms with E-state index in [0.717, 1.165) is 17.7 Å². The fourth-order valence-electron chi connectivity index (χ4n) is 4.07. The molecule has 1 aliphatic carbocycles. The van der Waals surface area contributed by atoms with Crippen molar-refractivity contribution in [2.45, 2.75) is 12.5 Å². The van der Waals surface area contributed by atoms with Gasteiger partial charge in [-0.15, -0.1) is 0 Å². The quantitative estimate of drug-likeness (QED) is 0.313. The molecule has 0 amide bonds. The number of anilines is 1. The highest BCUT2D eigenvalue weighted by atomic mass is 15.5. The van der Waals surface area contributed by atoms with E-state index in [4.69, 9.17) is 5.10 Å². The molecule has 1 aliphatic rings. The number of aryl methyl sites for hydroxylation is 1. The van der Waals surface area contributed by atoms with Gasteiger partial charge in [0.1, 0.15) is 0 Å². The number of rotatable bonds is 4. The SMILES string of the molecule is Cn1c2ccccc2c2cc(/C=N/N(c3ccccc3)C3C=CC=CC3)ccc21. The maximum absolute atomic E-state index is 4.90. The molecule has 3 nitrogen and oxygen atoms in total. The van der Waals surface area contributed by atoms with Crippen molar-refractivity contribution >= 4 is 33.7 Å². The summed E-state index contributed by atoms with van der Waals surface area (Å²) in [6.07, 6.45) is 11.5. The van der Waals surface area contributed by atoms with Crippen LogP contribution in [0.15, 0.2) is 102 Å². The molecule has 5 rings (SSSR count). The molecular formula is C26H23N3. The van der Waals surface area contributed by atoms with Crippen molar-refractivity contribution in [2.24, 2.45) is 12.1 Å². The molecule has 0 spiro atoms. The van der Waals surface area contributed by atoms with E-state index in [-0.39, 0.29) is 6.04 Å². The molecule has 0 N–H and O–H groups in total. The van der Waals surface area contributed by atoms with Crippen LogP contribution in [0.4, 0.5) is 5.69 Å². The fraction of sp³-hybridized carbons (Fsp3) is 0.115. The number of fused-ring (bicyclic) bond motifs is 3. The van der Waals surface area contributed by atoms with Gasteiger partial charge in [-0.1, -0.05) is 66.8 Å². The Balaban J connectivity index is 1.54. The Morgan fingerprint density at radius 2 is 1.69 bits per heavy atom. The third kappa shape index (κ3) is 3.25. The van der Waals surface area contributed by atoms with Crippen LogP contribution in [0.1, 0.15) is 12.0 Å². The molecule has 0 fully saturated rings. The van der Waals surface area contributed by atoms with Gasteiger partial charge in [-0.25, -0.2) is 0 Å². The number of hydrazone groups is 1. The molecule has 0 saturated heterocycles. The first-order valence-electron chi connectivity index (χ1n) is 10.00. The number of hydrogen-bond donors (Lipinski definition) is 0. The Morgan fingerprint density at radius 1 is 0.897 bits per heavy atom. The first-order valence-corrected chi connectivity index (χ1v) is 10.00. The highest BCUT2D eigenvalue weighted by Crippen LogP contribution is 2.28. The summed E-state index contributed by atoms with van der Waals surface area (Å²) in [7, 11) is 2.12. The number of aromatic nitrogens is 1. The molecule has 1 unspecified atom stereocenters. The van der Waals surface area contributed by atoms with Crippen molar-refractivity contribution in [3.63, 3.8) is 0 Å². The van der Waals surface area contributed by atoms with Crippen molar-refractivity contribution in [3.8, 4) is 0 Å². The summed E-state index contributed by atoms with van der Waals surface area (Å²) in [6, 6.07) is 25.7. The lowest BCUT2D eigenvalue weighted by Gasteiger charge is -2.27. The van der Waals surface area contributed by atoms with E-state index >= 15 is 0 Å². The Bertz CT molecular complexity index is 1250. The Labute approximate surface area is 170 Å². The third-order valence-corrected chi connectivity index (χ3v) is 5.56. The largest absolute Gasteiger partial charge is 0.344 e. The lowest BCUT2D eigenvalue weighted by atomic mass is 10.1. The Morgan fingerprint density at radius 3 is 2.52 bits per heavy atom. The normalized spacial score (nSPS) is 16.2. The third-order valence-electron chi connectivity index (χ3n) is 5.56. The first-order chi connectivity index (χ1) is 14.3. The Hall–Kier alpha value is -3.59. The second kappa shape index (κ2) is 7.44. The van der Waals surface area contributed by atoms with Gasteiger partial charge in [-0.2, -0.15) is 5.10 Å². The smallest absolute Gasteiger partial charge is 0.0743 e. The zero-order chi connectivity index (χ0) is 19.6. The predicted octanol–water partition coefficient (Wildman–Crippen LogP) is 6.06. The average Bonchev–Trinajstić information content (AvgIpc) is 3.07. The minimum atomic E-state index is 0.222. The van der Waals surface area contributed by atoms with Gasteiger partial charge in [0.2, 0.25) is 0 Å². The van der Waals surface area contributed by atoms with E-state index in [2.05, 4.69) is 108 Å². The summed E-state index contributed by atoms with van der Waals surface area (Å²) < 4.78 is 2.25. The van der Waals surface area contributed by atoms with E-state index in [1.165, 1.54) is 21.8 Å². The molecule has 3 heteroatoms. The lowest BCUT2D eigenvalue weighted by Crippen LogP contribution is -2.29. The number of nitrogens with zero attached hydrogens (tertiary/aromatic N) is 3. The van der Waals surface area contributed by atoms with Crippen LogP contribution in [0.25, 0.3) is 21.8 Å². The van der Waals surface area contributed by atoms with Gasteiger partial charge in [0.15, 0.2) is 0 Å². The van der Waals surface area contributed by atoms with E-state index in [1.54, 1.807) is 0 Å². The standard InChI is InChI=1S/C26H23N3/c1-28-25-15-9-8-14-23(25)24-18-20(16-17-26(24)28)19-27-29(21-10-4-2-5-11-21)22-12-6-3-7-13-22/h2-12,14-19,22H,13H2,1H3/b27-19+. The predicted molar refractivity (Wildman–Crippen MR) is 124 cm³/mol. The molecule has 29 heavy (non-hydrogen) atoms. The average molecular weight is 377 g/mol. The number of allylic oxidation sites excluding steroid dienone is 2. The minimum absolute atomic E-state index is 0.222. The van der Waals surface area contributed by atoms with Gasteiger partial charge in [0, 0.05) is 28.9 Å². The van der Waals surface area contributed by atoms with Crippen LogP contribution >= 0.6 is 0 Å². The minimum Gasteiger partial charge on any atom is -0.344 e.